The Morgan fingerprint density at radius 1 is 1.24 bits per heavy atom. The maximum atomic E-state index is 12.5. The molecule has 3 N–H and O–H groups in total. The number of alkyl halides is 3. The van der Waals surface area contributed by atoms with E-state index in [1.807, 2.05) is 17.0 Å². The van der Waals surface area contributed by atoms with Crippen LogP contribution in [0.3, 0.4) is 0 Å². The van der Waals surface area contributed by atoms with Gasteiger partial charge in [0, 0.05) is 31.8 Å². The van der Waals surface area contributed by atoms with Crippen LogP contribution in [0.4, 0.5) is 13.2 Å². The first kappa shape index (κ1) is 16.0. The van der Waals surface area contributed by atoms with E-state index in [0.29, 0.717) is 19.6 Å². The molecule has 1 aliphatic heterocycles. The molecule has 116 valence electrons. The van der Waals surface area contributed by atoms with Gasteiger partial charge < -0.3 is 10.8 Å². The van der Waals surface area contributed by atoms with Crippen LogP contribution in [-0.4, -0.2) is 35.8 Å². The Labute approximate surface area is 121 Å². The van der Waals surface area contributed by atoms with E-state index in [9.17, 15) is 18.3 Å². The summed E-state index contributed by atoms with van der Waals surface area (Å²) in [6.45, 7) is 1.28. The normalized spacial score (nSPS) is 18.4. The summed E-state index contributed by atoms with van der Waals surface area (Å²) in [4.78, 5) is 1.82. The van der Waals surface area contributed by atoms with E-state index in [2.05, 4.69) is 0 Å². The summed E-state index contributed by atoms with van der Waals surface area (Å²) in [5.41, 5.74) is 6.75. The second-order valence-corrected chi connectivity index (χ2v) is 5.20. The number of nitrogens with two attached hydrogens (primary N) is 1. The second kappa shape index (κ2) is 6.60. The molecule has 1 unspecified atom stereocenters. The third kappa shape index (κ3) is 4.30. The van der Waals surface area contributed by atoms with Gasteiger partial charge in [0.15, 0.2) is 0 Å². The lowest BCUT2D eigenvalue weighted by Crippen LogP contribution is -2.34. The Morgan fingerprint density at radius 2 is 1.90 bits per heavy atom. The molecule has 0 aromatic heterocycles. The van der Waals surface area contributed by atoms with Crippen LogP contribution in [0.15, 0.2) is 35.9 Å². The lowest BCUT2D eigenvalue weighted by molar-refractivity contribution is -0.0962. The Bertz CT molecular complexity index is 497. The molecule has 1 aromatic rings. The van der Waals surface area contributed by atoms with Crippen LogP contribution in [0.1, 0.15) is 23.7 Å². The topological polar surface area (TPSA) is 49.5 Å². The average molecular weight is 300 g/mol. The number of rotatable bonds is 4. The van der Waals surface area contributed by atoms with Crippen LogP contribution < -0.4 is 5.73 Å². The van der Waals surface area contributed by atoms with Crippen molar-refractivity contribution in [2.24, 2.45) is 5.73 Å². The molecule has 1 atom stereocenters. The van der Waals surface area contributed by atoms with Crippen LogP contribution in [-0.2, 0) is 6.54 Å². The number of aliphatic hydroxyl groups excluding tert-OH is 1. The highest BCUT2D eigenvalue weighted by atomic mass is 19.4. The smallest absolute Gasteiger partial charge is 0.387 e. The Morgan fingerprint density at radius 3 is 2.38 bits per heavy atom. The van der Waals surface area contributed by atoms with Gasteiger partial charge in [-0.1, -0.05) is 30.3 Å². The van der Waals surface area contributed by atoms with Crippen LogP contribution in [0.25, 0.3) is 0 Å². The van der Waals surface area contributed by atoms with E-state index in [0.717, 1.165) is 11.1 Å². The molecule has 0 aliphatic carbocycles. The molecule has 0 saturated heterocycles. The molecule has 21 heavy (non-hydrogen) atoms. The lowest BCUT2D eigenvalue weighted by atomic mass is 10.0. The highest BCUT2D eigenvalue weighted by Gasteiger charge is 2.34. The molecule has 0 amide bonds. The zero-order chi connectivity index (χ0) is 15.5. The summed E-state index contributed by atoms with van der Waals surface area (Å²) >= 11 is 0. The van der Waals surface area contributed by atoms with E-state index in [1.54, 1.807) is 12.1 Å². The van der Waals surface area contributed by atoms with E-state index < -0.39 is 17.9 Å². The van der Waals surface area contributed by atoms with Gasteiger partial charge in [-0.25, -0.2) is 0 Å². The van der Waals surface area contributed by atoms with E-state index in [1.165, 1.54) is 6.08 Å². The number of aliphatic hydroxyl groups is 1. The van der Waals surface area contributed by atoms with E-state index in [4.69, 9.17) is 5.73 Å². The molecular formula is C15H19F3N2O. The summed E-state index contributed by atoms with van der Waals surface area (Å²) in [5.74, 6) is 0. The first-order valence-electron chi connectivity index (χ1n) is 6.85. The fourth-order valence-corrected chi connectivity index (χ4v) is 2.36. The lowest BCUT2D eigenvalue weighted by Gasteiger charge is -2.29. The maximum absolute atomic E-state index is 12.5. The van der Waals surface area contributed by atoms with Crippen LogP contribution >= 0.6 is 0 Å². The molecular weight excluding hydrogens is 281 g/mol. The van der Waals surface area contributed by atoms with E-state index in [-0.39, 0.29) is 13.0 Å². The monoisotopic (exact) mass is 300 g/mol. The van der Waals surface area contributed by atoms with Gasteiger partial charge in [-0.2, -0.15) is 13.2 Å². The SMILES string of the molecule is NCc1ccc(C(O)CN2CC=C(C(F)(F)F)CC2)cc1. The number of β-amino-alcohol motifs (C(OH)–C–C–N with tert-alkyl or cyclic N) is 1. The van der Waals surface area contributed by atoms with Gasteiger partial charge in [-0.15, -0.1) is 0 Å². The van der Waals surface area contributed by atoms with Crippen molar-refractivity contribution in [3.63, 3.8) is 0 Å². The van der Waals surface area contributed by atoms with Crippen molar-refractivity contribution in [2.75, 3.05) is 19.6 Å². The van der Waals surface area contributed by atoms with Gasteiger partial charge in [-0.05, 0) is 17.5 Å². The average Bonchev–Trinajstić information content (AvgIpc) is 2.47. The highest BCUT2D eigenvalue weighted by Crippen LogP contribution is 2.30. The molecule has 1 heterocycles. The molecule has 0 saturated carbocycles. The first-order chi connectivity index (χ1) is 9.90. The van der Waals surface area contributed by atoms with Crippen molar-refractivity contribution >= 4 is 0 Å². The summed E-state index contributed by atoms with van der Waals surface area (Å²) in [7, 11) is 0. The zero-order valence-corrected chi connectivity index (χ0v) is 11.6. The summed E-state index contributed by atoms with van der Waals surface area (Å²) in [5, 5.41) is 10.1. The van der Waals surface area contributed by atoms with Crippen LogP contribution in [0, 0.1) is 0 Å². The van der Waals surface area contributed by atoms with Crippen molar-refractivity contribution in [1.29, 1.82) is 0 Å². The number of hydrogen-bond acceptors (Lipinski definition) is 3. The van der Waals surface area contributed by atoms with Crippen molar-refractivity contribution in [3.8, 4) is 0 Å². The van der Waals surface area contributed by atoms with Crippen molar-refractivity contribution in [3.05, 3.63) is 47.0 Å². The molecule has 1 aliphatic rings. The first-order valence-corrected chi connectivity index (χ1v) is 6.85. The van der Waals surface area contributed by atoms with Crippen molar-refractivity contribution < 1.29 is 18.3 Å². The van der Waals surface area contributed by atoms with Crippen LogP contribution in [0.2, 0.25) is 0 Å². The van der Waals surface area contributed by atoms with E-state index >= 15 is 0 Å². The maximum Gasteiger partial charge on any atom is 0.412 e. The Kier molecular flexibility index (Phi) is 5.03. The standard InChI is InChI=1S/C15H19F3N2O/c16-15(17,18)13-5-7-20(8-6-13)10-14(21)12-3-1-11(9-19)2-4-12/h1-5,14,21H,6-10,19H2. The Balaban J connectivity index is 1.92. The number of halogens is 3. The predicted octanol–water partition coefficient (Wildman–Crippen LogP) is 2.37. The number of nitrogens with zero attached hydrogens (tertiary/aromatic N) is 1. The minimum atomic E-state index is -4.23. The molecule has 0 fully saturated rings. The predicted molar refractivity (Wildman–Crippen MR) is 74.5 cm³/mol. The van der Waals surface area contributed by atoms with Crippen molar-refractivity contribution in [1.82, 2.24) is 4.90 Å². The zero-order valence-electron chi connectivity index (χ0n) is 11.6. The summed E-state index contributed by atoms with van der Waals surface area (Å²) < 4.78 is 37.6. The van der Waals surface area contributed by atoms with Gasteiger partial charge in [0.1, 0.15) is 0 Å². The third-order valence-electron chi connectivity index (χ3n) is 3.69. The molecule has 6 heteroatoms. The summed E-state index contributed by atoms with van der Waals surface area (Å²) in [6, 6.07) is 7.29. The summed E-state index contributed by atoms with van der Waals surface area (Å²) in [6.07, 6.45) is -3.77. The molecule has 0 bridgehead atoms. The van der Waals surface area contributed by atoms with Gasteiger partial charge in [0.05, 0.1) is 6.10 Å². The molecule has 3 nitrogen and oxygen atoms in total. The minimum absolute atomic E-state index is 0.0255. The quantitative estimate of drug-likeness (QED) is 0.839. The van der Waals surface area contributed by atoms with Gasteiger partial charge in [0.2, 0.25) is 0 Å². The fourth-order valence-electron chi connectivity index (χ4n) is 2.36. The minimum Gasteiger partial charge on any atom is -0.387 e. The largest absolute Gasteiger partial charge is 0.412 e. The van der Waals surface area contributed by atoms with Gasteiger partial charge >= 0.3 is 6.18 Å². The Hall–Kier alpha value is -1.37. The van der Waals surface area contributed by atoms with Crippen LogP contribution in [0.5, 0.6) is 0 Å². The van der Waals surface area contributed by atoms with Gasteiger partial charge in [-0.3, -0.25) is 4.90 Å². The fraction of sp³-hybridized carbons (Fsp3) is 0.467. The molecule has 1 aromatic carbocycles. The molecule has 2 rings (SSSR count). The molecule has 0 spiro atoms. The van der Waals surface area contributed by atoms with Gasteiger partial charge in [0.25, 0.3) is 0 Å². The highest BCUT2D eigenvalue weighted by molar-refractivity contribution is 5.24. The number of hydrogen-bond donors (Lipinski definition) is 2. The molecule has 0 radical (unpaired) electrons. The van der Waals surface area contributed by atoms with Crippen molar-refractivity contribution in [2.45, 2.75) is 25.2 Å². The third-order valence-corrected chi connectivity index (χ3v) is 3.69. The number of benzene rings is 1. The second-order valence-electron chi connectivity index (χ2n) is 5.20.